The molecule has 4 aromatic carbocycles. The van der Waals surface area contributed by atoms with Crippen LogP contribution in [0.4, 0.5) is 0 Å². The predicted molar refractivity (Wildman–Crippen MR) is 142 cm³/mol. The molecule has 1 aromatic heterocycles. The van der Waals surface area contributed by atoms with Crippen LogP contribution in [0.2, 0.25) is 0 Å². The maximum absolute atomic E-state index is 6.24. The third-order valence-electron chi connectivity index (χ3n) is 7.73. The van der Waals surface area contributed by atoms with Crippen LogP contribution in [0, 0.1) is 6.92 Å². The van der Waals surface area contributed by atoms with Crippen LogP contribution in [0.3, 0.4) is 0 Å². The Labute approximate surface area is 203 Å². The lowest BCUT2D eigenvalue weighted by Gasteiger charge is -2.44. The van der Waals surface area contributed by atoms with E-state index in [0.717, 1.165) is 26.4 Å². The topological polar surface area (TPSA) is 13.1 Å². The van der Waals surface area contributed by atoms with Crippen molar-refractivity contribution >= 4 is 37.9 Å². The van der Waals surface area contributed by atoms with Gasteiger partial charge in [0.05, 0.1) is 0 Å². The summed E-state index contributed by atoms with van der Waals surface area (Å²) in [5.41, 5.74) is 11.3. The molecule has 1 aliphatic carbocycles. The van der Waals surface area contributed by atoms with Gasteiger partial charge in [0.2, 0.25) is 0 Å². The maximum atomic E-state index is 6.24. The average Bonchev–Trinajstić information content (AvgIpc) is 3.14. The lowest BCUT2D eigenvalue weighted by atomic mass is 9.59. The van der Waals surface area contributed by atoms with E-state index in [1.54, 1.807) is 0 Å². The minimum Gasteiger partial charge on any atom is -0.456 e. The number of aryl methyl sites for hydroxylation is 1. The van der Waals surface area contributed by atoms with Gasteiger partial charge in [0.25, 0.3) is 0 Å². The highest BCUT2D eigenvalue weighted by molar-refractivity contribution is 9.10. The Morgan fingerprint density at radius 1 is 0.636 bits per heavy atom. The number of benzene rings is 4. The Bertz CT molecular complexity index is 1580. The Kier molecular flexibility index (Phi) is 4.30. The smallest absolute Gasteiger partial charge is 0.136 e. The van der Waals surface area contributed by atoms with Crippen molar-refractivity contribution in [3.63, 3.8) is 0 Å². The molecule has 0 atom stereocenters. The van der Waals surface area contributed by atoms with E-state index in [-0.39, 0.29) is 10.8 Å². The summed E-state index contributed by atoms with van der Waals surface area (Å²) >= 11 is 3.56. The minimum atomic E-state index is -0.0559. The Hall–Kier alpha value is -2.84. The van der Waals surface area contributed by atoms with Crippen molar-refractivity contribution in [1.82, 2.24) is 0 Å². The molecular weight excluding hydrogens is 468 g/mol. The van der Waals surface area contributed by atoms with Crippen molar-refractivity contribution < 1.29 is 4.42 Å². The average molecular weight is 495 g/mol. The zero-order valence-corrected chi connectivity index (χ0v) is 21.3. The second kappa shape index (κ2) is 6.84. The quantitative estimate of drug-likeness (QED) is 0.226. The zero-order valence-electron chi connectivity index (χ0n) is 19.7. The standard InChI is InChI=1S/C31H27BrO/c1-18-14-26-27(31(4,5)25-9-7-6-8-24(25)30(26,2)3)17-23(18)19-10-12-21-22-13-11-20(32)16-29(22)33-28(21)15-19/h6-17H,1-5H3. The fourth-order valence-electron chi connectivity index (χ4n) is 5.83. The molecule has 1 heterocycles. The molecule has 0 amide bonds. The molecule has 1 aliphatic rings. The van der Waals surface area contributed by atoms with Crippen molar-refractivity contribution in [2.45, 2.75) is 45.4 Å². The highest BCUT2D eigenvalue weighted by Crippen LogP contribution is 2.51. The summed E-state index contributed by atoms with van der Waals surface area (Å²) in [6.45, 7) is 11.7. The van der Waals surface area contributed by atoms with Crippen LogP contribution in [0.5, 0.6) is 0 Å². The lowest BCUT2D eigenvalue weighted by molar-refractivity contribution is 0.520. The Balaban J connectivity index is 1.57. The van der Waals surface area contributed by atoms with Gasteiger partial charge in [-0.15, -0.1) is 0 Å². The van der Waals surface area contributed by atoms with Crippen molar-refractivity contribution in [2.75, 3.05) is 0 Å². The highest BCUT2D eigenvalue weighted by Gasteiger charge is 2.41. The van der Waals surface area contributed by atoms with Crippen molar-refractivity contribution in [3.8, 4) is 11.1 Å². The van der Waals surface area contributed by atoms with E-state index in [0.29, 0.717) is 0 Å². The molecule has 2 heteroatoms. The molecule has 0 spiro atoms. The summed E-state index contributed by atoms with van der Waals surface area (Å²) in [5, 5.41) is 2.31. The van der Waals surface area contributed by atoms with Crippen LogP contribution in [0.1, 0.15) is 55.5 Å². The molecule has 0 N–H and O–H groups in total. The van der Waals surface area contributed by atoms with E-state index >= 15 is 0 Å². The molecule has 0 radical (unpaired) electrons. The van der Waals surface area contributed by atoms with Gasteiger partial charge < -0.3 is 4.42 Å². The van der Waals surface area contributed by atoms with Crippen molar-refractivity contribution in [2.24, 2.45) is 0 Å². The van der Waals surface area contributed by atoms with Gasteiger partial charge >= 0.3 is 0 Å². The molecule has 33 heavy (non-hydrogen) atoms. The van der Waals surface area contributed by atoms with Gasteiger partial charge in [-0.2, -0.15) is 0 Å². The van der Waals surface area contributed by atoms with Gasteiger partial charge in [0.15, 0.2) is 0 Å². The summed E-state index contributed by atoms with van der Waals surface area (Å²) in [6, 6.07) is 26.7. The first-order valence-electron chi connectivity index (χ1n) is 11.6. The molecule has 0 aliphatic heterocycles. The molecule has 0 bridgehead atoms. The van der Waals surface area contributed by atoms with Gasteiger partial charge in [0, 0.05) is 26.1 Å². The molecule has 5 aromatic rings. The van der Waals surface area contributed by atoms with E-state index in [4.69, 9.17) is 4.42 Å². The molecule has 0 saturated heterocycles. The van der Waals surface area contributed by atoms with E-state index < -0.39 is 0 Å². The SMILES string of the molecule is Cc1cc2c(cc1-c1ccc3c(c1)oc1cc(Br)ccc13)C(C)(C)c1ccccc1C2(C)C. The van der Waals surface area contributed by atoms with Gasteiger partial charge in [-0.25, -0.2) is 0 Å². The van der Waals surface area contributed by atoms with Gasteiger partial charge in [-0.05, 0) is 82.3 Å². The highest BCUT2D eigenvalue weighted by atomic mass is 79.9. The van der Waals surface area contributed by atoms with Crippen LogP contribution in [0.25, 0.3) is 33.1 Å². The van der Waals surface area contributed by atoms with Crippen LogP contribution < -0.4 is 0 Å². The summed E-state index contributed by atoms with van der Waals surface area (Å²) < 4.78 is 7.27. The molecule has 0 saturated carbocycles. The van der Waals surface area contributed by atoms with Crippen LogP contribution >= 0.6 is 15.9 Å². The van der Waals surface area contributed by atoms with Crippen LogP contribution in [0.15, 0.2) is 81.7 Å². The molecule has 0 fully saturated rings. The first-order valence-corrected chi connectivity index (χ1v) is 12.3. The number of furan rings is 1. The summed E-state index contributed by atoms with van der Waals surface area (Å²) in [7, 11) is 0. The van der Waals surface area contributed by atoms with E-state index in [9.17, 15) is 0 Å². The van der Waals surface area contributed by atoms with Crippen molar-refractivity contribution in [3.05, 3.63) is 105 Å². The van der Waals surface area contributed by atoms with Crippen molar-refractivity contribution in [1.29, 1.82) is 0 Å². The number of hydrogen-bond donors (Lipinski definition) is 0. The monoisotopic (exact) mass is 494 g/mol. The number of rotatable bonds is 1. The Morgan fingerprint density at radius 3 is 1.88 bits per heavy atom. The van der Waals surface area contributed by atoms with Gasteiger partial charge in [-0.3, -0.25) is 0 Å². The predicted octanol–water partition coefficient (Wildman–Crippen LogP) is 9.29. The fraction of sp³-hybridized carbons (Fsp3) is 0.226. The fourth-order valence-corrected chi connectivity index (χ4v) is 6.17. The zero-order chi connectivity index (χ0) is 23.1. The molecule has 6 rings (SSSR count). The second-order valence-electron chi connectivity index (χ2n) is 10.5. The third kappa shape index (κ3) is 2.90. The molecule has 164 valence electrons. The summed E-state index contributed by atoms with van der Waals surface area (Å²) in [4.78, 5) is 0. The first-order chi connectivity index (χ1) is 15.7. The number of hydrogen-bond acceptors (Lipinski definition) is 1. The van der Waals surface area contributed by atoms with Crippen LogP contribution in [-0.4, -0.2) is 0 Å². The van der Waals surface area contributed by atoms with E-state index in [2.05, 4.69) is 117 Å². The van der Waals surface area contributed by atoms with Crippen LogP contribution in [-0.2, 0) is 10.8 Å². The number of fused-ring (bicyclic) bond motifs is 5. The molecule has 0 unspecified atom stereocenters. The normalized spacial score (nSPS) is 16.1. The lowest BCUT2D eigenvalue weighted by Crippen LogP contribution is -2.36. The largest absolute Gasteiger partial charge is 0.456 e. The van der Waals surface area contributed by atoms with Gasteiger partial charge in [0.1, 0.15) is 11.2 Å². The summed E-state index contributed by atoms with van der Waals surface area (Å²) in [5.74, 6) is 0. The Morgan fingerprint density at radius 2 is 1.21 bits per heavy atom. The second-order valence-corrected chi connectivity index (χ2v) is 11.4. The molecule has 1 nitrogen and oxygen atoms in total. The van der Waals surface area contributed by atoms with Gasteiger partial charge in [-0.1, -0.05) is 80.0 Å². The summed E-state index contributed by atoms with van der Waals surface area (Å²) in [6.07, 6.45) is 0. The maximum Gasteiger partial charge on any atom is 0.136 e. The minimum absolute atomic E-state index is 0.0270. The van der Waals surface area contributed by atoms with E-state index in [1.807, 2.05) is 6.07 Å². The first kappa shape index (κ1) is 20.7. The van der Waals surface area contributed by atoms with E-state index in [1.165, 1.54) is 38.9 Å². The number of halogens is 1. The third-order valence-corrected chi connectivity index (χ3v) is 8.22. The molecular formula is C31H27BrO.